The minimum atomic E-state index is -0.0408. The van der Waals surface area contributed by atoms with Crippen LogP contribution >= 0.6 is 0 Å². The quantitative estimate of drug-likeness (QED) is 0.795. The molecule has 0 aliphatic carbocycles. The third kappa shape index (κ3) is 3.79. The Balaban J connectivity index is 1.74. The van der Waals surface area contributed by atoms with Gasteiger partial charge in [-0.05, 0) is 30.3 Å². The molecule has 3 aromatic rings. The highest BCUT2D eigenvalue weighted by Gasteiger charge is 2.19. The molecule has 0 radical (unpaired) electrons. The van der Waals surface area contributed by atoms with Gasteiger partial charge in [-0.15, -0.1) is 0 Å². The lowest BCUT2D eigenvalue weighted by molar-refractivity contribution is 0.0783. The zero-order valence-corrected chi connectivity index (χ0v) is 15.0. The Morgan fingerprint density at radius 1 is 1.24 bits per heavy atom. The number of nitrogens with zero attached hydrogens (tertiary/aromatic N) is 4. The minimum Gasteiger partial charge on any atom is -0.336 e. The Morgan fingerprint density at radius 3 is 2.68 bits per heavy atom. The molecule has 1 aromatic carbocycles. The van der Waals surface area contributed by atoms with Crippen molar-refractivity contribution in [1.29, 1.82) is 0 Å². The molecule has 130 valence electrons. The van der Waals surface area contributed by atoms with E-state index in [0.717, 1.165) is 17.1 Å². The van der Waals surface area contributed by atoms with Crippen LogP contribution in [-0.4, -0.2) is 37.8 Å². The summed E-state index contributed by atoms with van der Waals surface area (Å²) in [6.45, 7) is 6.82. The van der Waals surface area contributed by atoms with E-state index in [1.165, 1.54) is 0 Å². The maximum Gasteiger partial charge on any atom is 0.254 e. The molecule has 0 bridgehead atoms. The van der Waals surface area contributed by atoms with Crippen LogP contribution in [0.1, 0.15) is 42.5 Å². The Bertz CT molecular complexity index is 858. The standard InChI is InChI=1S/C19H23N5O/c1-19(2,3)17-12-15(21-22-17)13-23(4)18(25)14-7-5-8-16(11-14)24-10-6-9-20-24/h5-12H,13H2,1-4H3,(H,21,22). The molecule has 0 atom stereocenters. The van der Waals surface area contributed by atoms with E-state index in [4.69, 9.17) is 0 Å². The second kappa shape index (κ2) is 6.55. The first kappa shape index (κ1) is 17.0. The second-order valence-corrected chi connectivity index (χ2v) is 7.19. The lowest BCUT2D eigenvalue weighted by atomic mass is 9.92. The zero-order chi connectivity index (χ0) is 18.0. The molecular weight excluding hydrogens is 314 g/mol. The third-order valence-corrected chi connectivity index (χ3v) is 4.02. The molecule has 0 saturated carbocycles. The van der Waals surface area contributed by atoms with Gasteiger partial charge in [0.2, 0.25) is 0 Å². The van der Waals surface area contributed by atoms with Crippen molar-refractivity contribution in [2.75, 3.05) is 7.05 Å². The fraction of sp³-hybridized carbons (Fsp3) is 0.316. The van der Waals surface area contributed by atoms with E-state index in [-0.39, 0.29) is 11.3 Å². The number of carbonyl (C=O) groups excluding carboxylic acids is 1. The lowest BCUT2D eigenvalue weighted by Gasteiger charge is -2.17. The number of benzene rings is 1. The number of hydrogen-bond acceptors (Lipinski definition) is 3. The van der Waals surface area contributed by atoms with Crippen LogP contribution in [0.15, 0.2) is 48.8 Å². The van der Waals surface area contributed by atoms with Crippen LogP contribution in [-0.2, 0) is 12.0 Å². The van der Waals surface area contributed by atoms with Crippen LogP contribution < -0.4 is 0 Å². The summed E-state index contributed by atoms with van der Waals surface area (Å²) in [7, 11) is 1.79. The summed E-state index contributed by atoms with van der Waals surface area (Å²) in [5.74, 6) is -0.0408. The molecule has 25 heavy (non-hydrogen) atoms. The topological polar surface area (TPSA) is 66.8 Å². The normalized spacial score (nSPS) is 11.5. The fourth-order valence-electron chi connectivity index (χ4n) is 2.58. The van der Waals surface area contributed by atoms with Crippen LogP contribution in [0.4, 0.5) is 0 Å². The van der Waals surface area contributed by atoms with Crippen molar-refractivity contribution < 1.29 is 4.79 Å². The van der Waals surface area contributed by atoms with Crippen LogP contribution in [0, 0.1) is 0 Å². The predicted octanol–water partition coefficient (Wildman–Crippen LogP) is 3.17. The van der Waals surface area contributed by atoms with Gasteiger partial charge in [0.25, 0.3) is 5.91 Å². The maximum absolute atomic E-state index is 12.7. The molecule has 1 amide bonds. The van der Waals surface area contributed by atoms with Gasteiger partial charge in [-0.25, -0.2) is 4.68 Å². The minimum absolute atomic E-state index is 0.0184. The van der Waals surface area contributed by atoms with Gasteiger partial charge in [-0.3, -0.25) is 9.89 Å². The van der Waals surface area contributed by atoms with Gasteiger partial charge in [0.05, 0.1) is 23.6 Å². The molecule has 2 aromatic heterocycles. The van der Waals surface area contributed by atoms with Crippen LogP contribution in [0.5, 0.6) is 0 Å². The molecule has 0 spiro atoms. The first-order valence-electron chi connectivity index (χ1n) is 8.25. The number of rotatable bonds is 4. The number of hydrogen-bond donors (Lipinski definition) is 1. The average molecular weight is 337 g/mol. The Morgan fingerprint density at radius 2 is 2.04 bits per heavy atom. The molecular formula is C19H23N5O. The summed E-state index contributed by atoms with van der Waals surface area (Å²) in [5, 5.41) is 11.6. The monoisotopic (exact) mass is 337 g/mol. The summed E-state index contributed by atoms with van der Waals surface area (Å²) < 4.78 is 1.74. The fourth-order valence-corrected chi connectivity index (χ4v) is 2.58. The first-order valence-corrected chi connectivity index (χ1v) is 8.25. The van der Waals surface area contributed by atoms with Crippen LogP contribution in [0.2, 0.25) is 0 Å². The molecule has 0 unspecified atom stereocenters. The molecule has 0 saturated heterocycles. The van der Waals surface area contributed by atoms with Crippen molar-refractivity contribution in [2.45, 2.75) is 32.7 Å². The first-order chi connectivity index (χ1) is 11.8. The van der Waals surface area contributed by atoms with Crippen molar-refractivity contribution in [3.63, 3.8) is 0 Å². The summed E-state index contributed by atoms with van der Waals surface area (Å²) in [5.41, 5.74) is 3.38. The van der Waals surface area contributed by atoms with E-state index in [1.54, 1.807) is 22.8 Å². The Labute approximate surface area is 147 Å². The van der Waals surface area contributed by atoms with Crippen LogP contribution in [0.25, 0.3) is 5.69 Å². The van der Waals surface area contributed by atoms with Crippen molar-refractivity contribution in [2.24, 2.45) is 0 Å². The van der Waals surface area contributed by atoms with Crippen LogP contribution in [0.3, 0.4) is 0 Å². The van der Waals surface area contributed by atoms with Gasteiger partial charge in [-0.1, -0.05) is 26.8 Å². The number of nitrogens with one attached hydrogen (secondary N) is 1. The molecule has 0 aliphatic rings. The molecule has 6 nitrogen and oxygen atoms in total. The molecule has 2 heterocycles. The lowest BCUT2D eigenvalue weighted by Crippen LogP contribution is -2.26. The van der Waals surface area contributed by atoms with E-state index >= 15 is 0 Å². The third-order valence-electron chi connectivity index (χ3n) is 4.02. The second-order valence-electron chi connectivity index (χ2n) is 7.19. The number of carbonyl (C=O) groups is 1. The van der Waals surface area contributed by atoms with Crippen molar-refractivity contribution >= 4 is 5.91 Å². The van der Waals surface area contributed by atoms with Gasteiger partial charge in [0, 0.05) is 30.4 Å². The molecule has 0 fully saturated rings. The predicted molar refractivity (Wildman–Crippen MR) is 96.6 cm³/mol. The molecule has 0 aliphatic heterocycles. The van der Waals surface area contributed by atoms with Crippen molar-refractivity contribution in [3.8, 4) is 5.69 Å². The summed E-state index contributed by atoms with van der Waals surface area (Å²) >= 11 is 0. The molecule has 6 heteroatoms. The number of aromatic nitrogens is 4. The smallest absolute Gasteiger partial charge is 0.254 e. The highest BCUT2D eigenvalue weighted by molar-refractivity contribution is 5.94. The summed E-state index contributed by atoms with van der Waals surface area (Å²) in [4.78, 5) is 14.4. The summed E-state index contributed by atoms with van der Waals surface area (Å²) in [6, 6.07) is 11.3. The van der Waals surface area contributed by atoms with E-state index in [2.05, 4.69) is 36.1 Å². The molecule has 3 rings (SSSR count). The highest BCUT2D eigenvalue weighted by Crippen LogP contribution is 2.21. The largest absolute Gasteiger partial charge is 0.336 e. The number of aromatic amines is 1. The van der Waals surface area contributed by atoms with Gasteiger partial charge >= 0.3 is 0 Å². The number of amides is 1. The highest BCUT2D eigenvalue weighted by atomic mass is 16.2. The van der Waals surface area contributed by atoms with Crippen molar-refractivity contribution in [1.82, 2.24) is 24.9 Å². The van der Waals surface area contributed by atoms with Gasteiger partial charge in [0.15, 0.2) is 0 Å². The summed E-state index contributed by atoms with van der Waals surface area (Å²) in [6.07, 6.45) is 3.57. The SMILES string of the molecule is CN(Cc1cc(C(C)(C)C)n[nH]1)C(=O)c1cccc(-n2cccn2)c1. The Kier molecular flexibility index (Phi) is 4.44. The average Bonchev–Trinajstić information content (AvgIpc) is 3.25. The number of H-pyrrole nitrogens is 1. The maximum atomic E-state index is 12.7. The van der Waals surface area contributed by atoms with Crippen molar-refractivity contribution in [3.05, 3.63) is 65.7 Å². The van der Waals surface area contributed by atoms with E-state index in [0.29, 0.717) is 12.1 Å². The Hall–Kier alpha value is -2.89. The van der Waals surface area contributed by atoms with E-state index in [9.17, 15) is 4.79 Å². The van der Waals surface area contributed by atoms with Gasteiger partial charge in [0.1, 0.15) is 0 Å². The zero-order valence-electron chi connectivity index (χ0n) is 15.0. The molecule has 1 N–H and O–H groups in total. The van der Waals surface area contributed by atoms with E-state index in [1.807, 2.05) is 42.6 Å². The van der Waals surface area contributed by atoms with Gasteiger partial charge in [-0.2, -0.15) is 10.2 Å². The van der Waals surface area contributed by atoms with E-state index < -0.39 is 0 Å². The van der Waals surface area contributed by atoms with Gasteiger partial charge < -0.3 is 4.90 Å².